The third kappa shape index (κ3) is 2.15. The van der Waals surface area contributed by atoms with E-state index in [0.717, 1.165) is 10.6 Å². The number of nitrogens with zero attached hydrogens (tertiary/aromatic N) is 3. The zero-order valence-electron chi connectivity index (χ0n) is 13.3. The van der Waals surface area contributed by atoms with E-state index in [1.807, 2.05) is 37.3 Å². The van der Waals surface area contributed by atoms with Crippen LogP contribution in [0.4, 0.5) is 5.82 Å². The molecule has 0 atom stereocenters. The van der Waals surface area contributed by atoms with Gasteiger partial charge in [-0.25, -0.2) is 20.8 Å². The predicted molar refractivity (Wildman–Crippen MR) is 92.5 cm³/mol. The summed E-state index contributed by atoms with van der Waals surface area (Å²) in [6.45, 7) is 1.82. The molecule has 118 valence electrons. The second kappa shape index (κ2) is 5.81. The zero-order valence-corrected chi connectivity index (χ0v) is 13.3. The first kappa shape index (κ1) is 15.7. The first-order chi connectivity index (χ1) is 11.5. The molecule has 2 heterocycles. The maximum Gasteiger partial charge on any atom is 0.255 e. The Labute approximate surface area is 140 Å². The van der Waals surface area contributed by atoms with Crippen molar-refractivity contribution < 1.29 is 4.79 Å². The Bertz CT molecular complexity index is 874. The highest BCUT2D eigenvalue weighted by Gasteiger charge is 2.52. The Balaban J connectivity index is 2.25. The number of hydrogen-bond donors (Lipinski definition) is 1. The summed E-state index contributed by atoms with van der Waals surface area (Å²) in [5, 5.41) is 1.05. The lowest BCUT2D eigenvalue weighted by Gasteiger charge is -2.23. The lowest BCUT2D eigenvalue weighted by Crippen LogP contribution is -2.44. The molecule has 1 amide bonds. The fourth-order valence-electron chi connectivity index (χ4n) is 3.18. The number of benzene rings is 1. The van der Waals surface area contributed by atoms with Crippen LogP contribution in [0.25, 0.3) is 11.4 Å². The third-order valence-electron chi connectivity index (χ3n) is 4.25. The summed E-state index contributed by atoms with van der Waals surface area (Å²) in [4.78, 5) is 21.9. The van der Waals surface area contributed by atoms with Crippen molar-refractivity contribution in [3.63, 3.8) is 0 Å². The van der Waals surface area contributed by atoms with Crippen LogP contribution in [-0.4, -0.2) is 15.9 Å². The number of carbonyl (C=O) groups is 1. The number of nitrogens with two attached hydrogens (primary N) is 1. The van der Waals surface area contributed by atoms with Gasteiger partial charge in [0.2, 0.25) is 0 Å². The molecule has 0 bridgehead atoms. The summed E-state index contributed by atoms with van der Waals surface area (Å²) < 4.78 is 0. The topological polar surface area (TPSA) is 72.1 Å². The molecule has 0 aliphatic carbocycles. The van der Waals surface area contributed by atoms with E-state index in [9.17, 15) is 4.79 Å². The summed E-state index contributed by atoms with van der Waals surface area (Å²) in [7, 11) is 0. The molecule has 1 aliphatic rings. The molecule has 0 unspecified atom stereocenters. The maximum atomic E-state index is 12.8. The van der Waals surface area contributed by atoms with Gasteiger partial charge in [0.05, 0.1) is 0 Å². The van der Waals surface area contributed by atoms with E-state index in [1.165, 1.54) is 0 Å². The largest absolute Gasteiger partial charge is 0.272 e. The lowest BCUT2D eigenvalue weighted by molar-refractivity contribution is -0.123. The van der Waals surface area contributed by atoms with Crippen molar-refractivity contribution in [2.24, 2.45) is 5.84 Å². The fraction of sp³-hybridized carbons (Fsp3) is 0.211. The first-order valence-electron chi connectivity index (χ1n) is 7.46. The molecule has 3 rings (SSSR count). The normalized spacial score (nSPS) is 14.8. The number of hydrazine groups is 1. The van der Waals surface area contributed by atoms with Crippen LogP contribution >= 0.6 is 0 Å². The molecule has 0 fully saturated rings. The van der Waals surface area contributed by atoms with Gasteiger partial charge in [-0.15, -0.1) is 24.7 Å². The number of hydrogen-bond acceptors (Lipinski definition) is 4. The van der Waals surface area contributed by atoms with Crippen LogP contribution in [0.3, 0.4) is 0 Å². The van der Waals surface area contributed by atoms with Gasteiger partial charge in [0.15, 0.2) is 11.6 Å². The van der Waals surface area contributed by atoms with Crippen molar-refractivity contribution in [2.75, 3.05) is 5.01 Å². The van der Waals surface area contributed by atoms with Crippen molar-refractivity contribution in [3.05, 3.63) is 41.6 Å². The number of anilines is 1. The van der Waals surface area contributed by atoms with Crippen molar-refractivity contribution in [2.45, 2.75) is 25.2 Å². The summed E-state index contributed by atoms with van der Waals surface area (Å²) >= 11 is 0. The van der Waals surface area contributed by atoms with Gasteiger partial charge in [-0.2, -0.15) is 0 Å². The molecular weight excluding hydrogens is 300 g/mol. The molecule has 1 aromatic carbocycles. The lowest BCUT2D eigenvalue weighted by atomic mass is 9.76. The first-order valence-corrected chi connectivity index (χ1v) is 7.46. The molecule has 0 saturated heterocycles. The predicted octanol–water partition coefficient (Wildman–Crippen LogP) is 1.96. The Morgan fingerprint density at radius 1 is 1.17 bits per heavy atom. The van der Waals surface area contributed by atoms with Crippen LogP contribution in [0.1, 0.15) is 24.1 Å². The van der Waals surface area contributed by atoms with E-state index in [4.69, 9.17) is 18.7 Å². The number of amides is 1. The van der Waals surface area contributed by atoms with Gasteiger partial charge in [0.1, 0.15) is 5.41 Å². The average Bonchev–Trinajstić information content (AvgIpc) is 2.79. The summed E-state index contributed by atoms with van der Waals surface area (Å²) in [5.74, 6) is 11.6. The Hall–Kier alpha value is -3.15. The number of terminal acetylenes is 2. The number of aromatic nitrogens is 2. The number of carbonyl (C=O) groups excluding carboxylic acids is 1. The van der Waals surface area contributed by atoms with Crippen LogP contribution in [0.5, 0.6) is 0 Å². The van der Waals surface area contributed by atoms with Crippen LogP contribution in [-0.2, 0) is 10.2 Å². The van der Waals surface area contributed by atoms with E-state index in [2.05, 4.69) is 21.8 Å². The molecule has 1 aliphatic heterocycles. The van der Waals surface area contributed by atoms with Gasteiger partial charge < -0.3 is 0 Å². The van der Waals surface area contributed by atoms with Crippen molar-refractivity contribution in [1.82, 2.24) is 9.97 Å². The van der Waals surface area contributed by atoms with Gasteiger partial charge in [0, 0.05) is 29.7 Å². The Morgan fingerprint density at radius 3 is 2.38 bits per heavy atom. The monoisotopic (exact) mass is 316 g/mol. The van der Waals surface area contributed by atoms with E-state index in [1.54, 1.807) is 0 Å². The van der Waals surface area contributed by atoms with Crippen LogP contribution in [0.2, 0.25) is 0 Å². The maximum absolute atomic E-state index is 12.8. The van der Waals surface area contributed by atoms with Gasteiger partial charge >= 0.3 is 0 Å². The Morgan fingerprint density at radius 2 is 1.79 bits per heavy atom. The van der Waals surface area contributed by atoms with E-state index in [-0.39, 0.29) is 18.7 Å². The van der Waals surface area contributed by atoms with Crippen molar-refractivity contribution in [3.8, 4) is 36.1 Å². The van der Waals surface area contributed by atoms with Crippen molar-refractivity contribution in [1.29, 1.82) is 0 Å². The van der Waals surface area contributed by atoms with Gasteiger partial charge in [-0.05, 0) is 6.92 Å². The van der Waals surface area contributed by atoms with E-state index >= 15 is 0 Å². The van der Waals surface area contributed by atoms with E-state index in [0.29, 0.717) is 22.9 Å². The van der Waals surface area contributed by atoms with Crippen molar-refractivity contribution >= 4 is 11.7 Å². The smallest absolute Gasteiger partial charge is 0.255 e. The molecule has 5 nitrogen and oxygen atoms in total. The average molecular weight is 316 g/mol. The molecule has 24 heavy (non-hydrogen) atoms. The third-order valence-corrected chi connectivity index (χ3v) is 4.25. The Kier molecular flexibility index (Phi) is 3.81. The highest BCUT2D eigenvalue weighted by molar-refractivity contribution is 6.07. The summed E-state index contributed by atoms with van der Waals surface area (Å²) in [5.41, 5.74) is 1.08. The number of aryl methyl sites for hydroxylation is 1. The fourth-order valence-corrected chi connectivity index (χ4v) is 3.18. The van der Waals surface area contributed by atoms with Gasteiger partial charge in [0.25, 0.3) is 5.91 Å². The molecule has 2 aromatic rings. The summed E-state index contributed by atoms with van der Waals surface area (Å²) in [6, 6.07) is 9.50. The highest BCUT2D eigenvalue weighted by atomic mass is 16.2. The molecule has 0 saturated carbocycles. The molecule has 0 radical (unpaired) electrons. The van der Waals surface area contributed by atoms with Crippen LogP contribution in [0.15, 0.2) is 30.3 Å². The van der Waals surface area contributed by atoms with Crippen LogP contribution < -0.4 is 10.9 Å². The zero-order chi connectivity index (χ0) is 17.3. The summed E-state index contributed by atoms with van der Waals surface area (Å²) in [6.07, 6.45) is 11.3. The molecule has 2 N–H and O–H groups in total. The van der Waals surface area contributed by atoms with Gasteiger partial charge in [-0.3, -0.25) is 4.79 Å². The second-order valence-corrected chi connectivity index (χ2v) is 5.72. The minimum Gasteiger partial charge on any atom is -0.272 e. The molecule has 0 spiro atoms. The SMILES string of the molecule is C#CCC1(CC#C)C(=O)N(N)c2nc(-c3ccccc3)nc(C)c21. The van der Waals surface area contributed by atoms with E-state index < -0.39 is 5.41 Å². The highest BCUT2D eigenvalue weighted by Crippen LogP contribution is 2.45. The standard InChI is InChI=1S/C19H16N4O/c1-4-11-19(12-5-2)15-13(3)21-16(14-9-7-6-8-10-14)22-17(15)23(20)18(19)24/h1-2,6-10H,11-12,20H2,3H3. The molecule has 5 heteroatoms. The van der Waals surface area contributed by atoms with Crippen LogP contribution in [0, 0.1) is 31.6 Å². The number of fused-ring (bicyclic) bond motifs is 1. The quantitative estimate of drug-likeness (QED) is 0.534. The molecule has 1 aromatic heterocycles. The second-order valence-electron chi connectivity index (χ2n) is 5.72. The molecular formula is C19H16N4O. The minimum absolute atomic E-state index is 0.158. The van der Waals surface area contributed by atoms with Gasteiger partial charge in [-0.1, -0.05) is 30.3 Å². The number of rotatable bonds is 3. The minimum atomic E-state index is -1.05.